The second kappa shape index (κ2) is 12.0. The molecule has 0 aliphatic carbocycles. The lowest BCUT2D eigenvalue weighted by Gasteiger charge is -2.33. The van der Waals surface area contributed by atoms with Crippen LogP contribution in [0.5, 0.6) is 0 Å². The van der Waals surface area contributed by atoms with Crippen LogP contribution in [0.2, 0.25) is 0 Å². The van der Waals surface area contributed by atoms with Crippen molar-refractivity contribution in [1.82, 2.24) is 15.1 Å². The number of carbonyl (C=O) groups is 2. The highest BCUT2D eigenvalue weighted by molar-refractivity contribution is 7.99. The third-order valence-electron chi connectivity index (χ3n) is 5.48. The van der Waals surface area contributed by atoms with E-state index in [1.165, 1.54) is 16.0 Å². The second-order valence-electron chi connectivity index (χ2n) is 8.35. The van der Waals surface area contributed by atoms with Crippen molar-refractivity contribution in [1.29, 1.82) is 0 Å². The van der Waals surface area contributed by atoms with Crippen molar-refractivity contribution in [2.24, 2.45) is 0 Å². The Balaban J connectivity index is 1.41. The molecule has 2 N–H and O–H groups in total. The van der Waals surface area contributed by atoms with Gasteiger partial charge in [0.25, 0.3) is 0 Å². The molecular weight excluding hydrogens is 420 g/mol. The zero-order valence-corrected chi connectivity index (χ0v) is 20.1. The van der Waals surface area contributed by atoms with Gasteiger partial charge in [-0.1, -0.05) is 30.8 Å². The van der Waals surface area contributed by atoms with Gasteiger partial charge in [0.15, 0.2) is 0 Å². The summed E-state index contributed by atoms with van der Waals surface area (Å²) >= 11 is 1.74. The number of piperazine rings is 1. The molecule has 0 bridgehead atoms. The molecule has 6 nitrogen and oxygen atoms in total. The molecule has 0 spiro atoms. The number of aryl methyl sites for hydroxylation is 2. The fourth-order valence-electron chi connectivity index (χ4n) is 3.58. The van der Waals surface area contributed by atoms with Gasteiger partial charge in [0.2, 0.25) is 11.8 Å². The number of anilines is 1. The Morgan fingerprint density at radius 1 is 0.906 bits per heavy atom. The van der Waals surface area contributed by atoms with Crippen LogP contribution < -0.4 is 10.6 Å². The molecule has 0 aromatic heterocycles. The van der Waals surface area contributed by atoms with E-state index in [0.29, 0.717) is 13.1 Å². The fourth-order valence-corrected chi connectivity index (χ4v) is 4.58. The highest BCUT2D eigenvalue weighted by Gasteiger charge is 2.20. The summed E-state index contributed by atoms with van der Waals surface area (Å²) in [5.74, 6) is 0.0753. The number of benzene rings is 2. The Morgan fingerprint density at radius 3 is 2.16 bits per heavy atom. The lowest BCUT2D eigenvalue weighted by Crippen LogP contribution is -2.51. The van der Waals surface area contributed by atoms with Crippen molar-refractivity contribution in [3.05, 3.63) is 53.6 Å². The summed E-state index contributed by atoms with van der Waals surface area (Å²) < 4.78 is 0. The molecule has 3 rings (SSSR count). The van der Waals surface area contributed by atoms with Gasteiger partial charge in [-0.05, 0) is 61.7 Å². The molecule has 2 aromatic carbocycles. The fraction of sp³-hybridized carbons (Fsp3) is 0.440. The van der Waals surface area contributed by atoms with E-state index in [2.05, 4.69) is 52.5 Å². The Kier molecular flexibility index (Phi) is 9.14. The summed E-state index contributed by atoms with van der Waals surface area (Å²) in [6, 6.07) is 14.5. The maximum atomic E-state index is 12.5. The summed E-state index contributed by atoms with van der Waals surface area (Å²) in [7, 11) is 0. The molecule has 2 aromatic rings. The van der Waals surface area contributed by atoms with Crippen LogP contribution in [0.3, 0.4) is 0 Å². The summed E-state index contributed by atoms with van der Waals surface area (Å²) in [5, 5.41) is 5.91. The molecule has 7 heteroatoms. The van der Waals surface area contributed by atoms with E-state index in [1.54, 1.807) is 11.8 Å². The smallest absolute Gasteiger partial charge is 0.238 e. The van der Waals surface area contributed by atoms with Gasteiger partial charge in [-0.15, -0.1) is 0 Å². The van der Waals surface area contributed by atoms with Crippen molar-refractivity contribution in [2.75, 3.05) is 51.1 Å². The largest absolute Gasteiger partial charge is 0.355 e. The Hall–Kier alpha value is -2.35. The van der Waals surface area contributed by atoms with E-state index < -0.39 is 0 Å². The van der Waals surface area contributed by atoms with E-state index in [4.69, 9.17) is 0 Å². The van der Waals surface area contributed by atoms with Gasteiger partial charge in [0.05, 0.1) is 13.1 Å². The molecular formula is C25H34N4O2S. The molecule has 1 heterocycles. The highest BCUT2D eigenvalue weighted by Crippen LogP contribution is 2.31. The predicted octanol–water partition coefficient (Wildman–Crippen LogP) is 3.54. The quantitative estimate of drug-likeness (QED) is 0.607. The molecule has 1 aliphatic rings. The molecule has 32 heavy (non-hydrogen) atoms. The first-order valence-electron chi connectivity index (χ1n) is 11.3. The van der Waals surface area contributed by atoms with Gasteiger partial charge < -0.3 is 10.6 Å². The normalized spacial score (nSPS) is 14.8. The molecule has 0 atom stereocenters. The Labute approximate surface area is 195 Å². The van der Waals surface area contributed by atoms with Crippen LogP contribution in [0.15, 0.2) is 52.3 Å². The van der Waals surface area contributed by atoms with Crippen molar-refractivity contribution >= 4 is 29.3 Å². The number of carbonyl (C=O) groups excluding carboxylic acids is 2. The predicted molar refractivity (Wildman–Crippen MR) is 131 cm³/mol. The molecule has 2 amide bonds. The maximum absolute atomic E-state index is 12.5. The zero-order chi connectivity index (χ0) is 22.9. The van der Waals surface area contributed by atoms with Crippen molar-refractivity contribution in [3.8, 4) is 0 Å². The first kappa shape index (κ1) is 24.3. The summed E-state index contributed by atoms with van der Waals surface area (Å²) in [6.07, 6.45) is 0.947. The molecule has 0 saturated carbocycles. The molecule has 172 valence electrons. The molecule has 1 fully saturated rings. The number of rotatable bonds is 9. The first-order valence-corrected chi connectivity index (χ1v) is 12.1. The third kappa shape index (κ3) is 7.65. The molecule has 0 unspecified atom stereocenters. The van der Waals surface area contributed by atoms with Crippen molar-refractivity contribution in [2.45, 2.75) is 37.0 Å². The number of hydrogen-bond donors (Lipinski definition) is 2. The number of nitrogens with one attached hydrogen (secondary N) is 2. The van der Waals surface area contributed by atoms with E-state index in [9.17, 15) is 9.59 Å². The minimum atomic E-state index is -0.00549. The maximum Gasteiger partial charge on any atom is 0.238 e. The minimum absolute atomic E-state index is 0.00549. The van der Waals surface area contributed by atoms with Gasteiger partial charge in [-0.3, -0.25) is 19.4 Å². The van der Waals surface area contributed by atoms with E-state index in [-0.39, 0.29) is 11.8 Å². The molecule has 1 saturated heterocycles. The molecule has 1 aliphatic heterocycles. The van der Waals surface area contributed by atoms with Crippen LogP contribution in [0.25, 0.3) is 0 Å². The number of amides is 2. The van der Waals surface area contributed by atoms with Crippen LogP contribution in [0, 0.1) is 13.8 Å². The minimum Gasteiger partial charge on any atom is -0.355 e. The molecule has 0 radical (unpaired) electrons. The summed E-state index contributed by atoms with van der Waals surface area (Å²) in [6.45, 7) is 11.0. The van der Waals surface area contributed by atoms with Gasteiger partial charge in [0.1, 0.15) is 0 Å². The monoisotopic (exact) mass is 454 g/mol. The van der Waals surface area contributed by atoms with Crippen LogP contribution in [-0.4, -0.2) is 67.4 Å². The van der Waals surface area contributed by atoms with E-state index >= 15 is 0 Å². The number of nitrogens with zero attached hydrogens (tertiary/aromatic N) is 2. The lowest BCUT2D eigenvalue weighted by molar-refractivity contribution is -0.123. The van der Waals surface area contributed by atoms with Crippen molar-refractivity contribution in [3.63, 3.8) is 0 Å². The van der Waals surface area contributed by atoms with Gasteiger partial charge in [-0.25, -0.2) is 0 Å². The second-order valence-corrected chi connectivity index (χ2v) is 9.46. The highest BCUT2D eigenvalue weighted by atomic mass is 32.2. The van der Waals surface area contributed by atoms with Crippen LogP contribution in [0.4, 0.5) is 5.69 Å². The Morgan fingerprint density at radius 2 is 1.53 bits per heavy atom. The summed E-state index contributed by atoms with van der Waals surface area (Å²) in [4.78, 5) is 31.0. The van der Waals surface area contributed by atoms with Gasteiger partial charge in [-0.2, -0.15) is 0 Å². The van der Waals surface area contributed by atoms with Crippen LogP contribution >= 0.6 is 11.8 Å². The number of hydrogen-bond acceptors (Lipinski definition) is 5. The SMILES string of the molecule is CCCNC(=O)CN1CCN(CC(=O)Nc2ccc(Sc3cc(C)ccc3C)cc2)CC1. The Bertz CT molecular complexity index is 909. The van der Waals surface area contributed by atoms with Gasteiger partial charge >= 0.3 is 0 Å². The lowest BCUT2D eigenvalue weighted by atomic mass is 10.2. The first-order chi connectivity index (χ1) is 15.4. The standard InChI is InChI=1S/C25H34N4O2S/c1-4-11-26-24(30)17-28-12-14-29(15-13-28)18-25(31)27-21-7-9-22(10-8-21)32-23-16-19(2)5-6-20(23)3/h5-10,16H,4,11-15,17-18H2,1-3H3,(H,26,30)(H,27,31). The van der Waals surface area contributed by atoms with E-state index in [1.807, 2.05) is 31.2 Å². The third-order valence-corrected chi connectivity index (χ3v) is 6.65. The van der Waals surface area contributed by atoms with Crippen molar-refractivity contribution < 1.29 is 9.59 Å². The van der Waals surface area contributed by atoms with Crippen LogP contribution in [0.1, 0.15) is 24.5 Å². The average molecular weight is 455 g/mol. The van der Waals surface area contributed by atoms with E-state index in [0.717, 1.165) is 49.7 Å². The van der Waals surface area contributed by atoms with Gasteiger partial charge in [0, 0.05) is 48.2 Å². The summed E-state index contributed by atoms with van der Waals surface area (Å²) in [5.41, 5.74) is 3.33. The average Bonchev–Trinajstić information content (AvgIpc) is 2.77. The van der Waals surface area contributed by atoms with Crippen LogP contribution in [-0.2, 0) is 9.59 Å². The zero-order valence-electron chi connectivity index (χ0n) is 19.3. The topological polar surface area (TPSA) is 64.7 Å².